The van der Waals surface area contributed by atoms with Crippen LogP contribution in [0.2, 0.25) is 0 Å². The highest BCUT2D eigenvalue weighted by Crippen LogP contribution is 2.60. The molecule has 2 nitrogen and oxygen atoms in total. The van der Waals surface area contributed by atoms with E-state index in [0.717, 1.165) is 23.7 Å². The van der Waals surface area contributed by atoms with Gasteiger partial charge in [-0.2, -0.15) is 0 Å². The summed E-state index contributed by atoms with van der Waals surface area (Å²) in [5.74, 6) is 5.63. The quantitative estimate of drug-likeness (QED) is 0.150. The van der Waals surface area contributed by atoms with E-state index in [0.29, 0.717) is 23.7 Å². The van der Waals surface area contributed by atoms with Crippen molar-refractivity contribution in [1.82, 2.24) is 0 Å². The molecule has 12 aromatic carbocycles. The molecule has 1 heterocycles. The van der Waals surface area contributed by atoms with Gasteiger partial charge in [0.25, 0.3) is 0 Å². The van der Waals surface area contributed by atoms with Crippen molar-refractivity contribution in [3.8, 4) is 66.8 Å². The summed E-state index contributed by atoms with van der Waals surface area (Å²) in [5.41, 5.74) is 34.9. The number of thiophene rings is 1. The molecule has 482 valence electrons. The molecule has 8 bridgehead atoms. The minimum atomic E-state index is -0.250. The first-order valence-corrected chi connectivity index (χ1v) is 38.0. The third-order valence-electron chi connectivity index (χ3n) is 26.1. The van der Waals surface area contributed by atoms with Crippen LogP contribution in [0.4, 0.5) is 34.1 Å². The fourth-order valence-corrected chi connectivity index (χ4v) is 22.9. The number of anilines is 6. The van der Waals surface area contributed by atoms with Crippen molar-refractivity contribution in [2.24, 2.45) is 23.7 Å². The maximum absolute atomic E-state index is 2.63. The molecular weight excluding hydrogens is 1210 g/mol. The van der Waals surface area contributed by atoms with Crippen molar-refractivity contribution in [3.63, 3.8) is 0 Å². The zero-order valence-electron chi connectivity index (χ0n) is 57.2. The van der Waals surface area contributed by atoms with Gasteiger partial charge < -0.3 is 9.80 Å². The molecule has 4 saturated carbocycles. The average molecular weight is 1300 g/mol. The number of benzene rings is 12. The van der Waals surface area contributed by atoms with Gasteiger partial charge in [0.15, 0.2) is 0 Å². The van der Waals surface area contributed by atoms with Crippen LogP contribution in [0, 0.1) is 23.7 Å². The lowest BCUT2D eigenvalue weighted by Crippen LogP contribution is -2.29. The van der Waals surface area contributed by atoms with E-state index in [2.05, 4.69) is 292 Å². The van der Waals surface area contributed by atoms with Gasteiger partial charge in [-0.05, 0) is 314 Å². The van der Waals surface area contributed by atoms with Gasteiger partial charge in [-0.3, -0.25) is 0 Å². The normalized spacial score (nSPS) is 22.5. The van der Waals surface area contributed by atoms with Crippen LogP contribution in [0.5, 0.6) is 0 Å². The number of hydrogen-bond donors (Lipinski definition) is 0. The van der Waals surface area contributed by atoms with Gasteiger partial charge >= 0.3 is 0 Å². The standard InChI is InChI=1S/C96H82N2S/c1-95(2)89-24-13-12-23-81(89)83-35-29-73(54-91(83)95)98(71-28-34-80-78-22-11-9-20-76(78)66-43-59-40-60(44-66)48-68(47-59)87(80)53-71)74-31-37-85-88-50-63(26-38-93(88)99-94(85)56-74)64-25-32-82-84-36-30-72(55-92(84)96(3,4)90(82)51-64)97(69-18-14-17-62(49-69)61-15-6-5-7-16-61)70-27-33-79-77-21-10-8-19-75(77)65-41-57-39-58(42-65)46-67(45-57)86(79)52-70/h5-38,49-60,65-68H,39-48H2,1-4H3. The average Bonchev–Trinajstić information content (AvgIpc) is 1.60. The molecule has 0 N–H and O–H groups in total. The summed E-state index contributed by atoms with van der Waals surface area (Å²) in [6.07, 6.45) is 13.3. The van der Waals surface area contributed by atoms with Gasteiger partial charge in [0.1, 0.15) is 0 Å². The first kappa shape index (κ1) is 58.4. The van der Waals surface area contributed by atoms with Crippen LogP contribution in [0.25, 0.3) is 86.9 Å². The molecule has 4 atom stereocenters. The highest BCUT2D eigenvalue weighted by atomic mass is 32.1. The predicted molar refractivity (Wildman–Crippen MR) is 417 cm³/mol. The van der Waals surface area contributed by atoms with Gasteiger partial charge in [-0.1, -0.05) is 191 Å². The Bertz CT molecular complexity index is 5480. The minimum absolute atomic E-state index is 0.122. The Labute approximate surface area is 587 Å². The van der Waals surface area contributed by atoms with Gasteiger partial charge in [-0.25, -0.2) is 0 Å². The summed E-state index contributed by atoms with van der Waals surface area (Å²) in [4.78, 5) is 5.18. The molecule has 13 aromatic rings. The van der Waals surface area contributed by atoms with E-state index in [1.165, 1.54) is 208 Å². The first-order chi connectivity index (χ1) is 48.5. The monoisotopic (exact) mass is 1290 g/mol. The molecule has 0 radical (unpaired) electrons. The van der Waals surface area contributed by atoms with Crippen LogP contribution in [0.15, 0.2) is 255 Å². The molecule has 0 aliphatic heterocycles. The van der Waals surface area contributed by atoms with Gasteiger partial charge in [0.05, 0.1) is 0 Å². The van der Waals surface area contributed by atoms with Crippen molar-refractivity contribution in [1.29, 1.82) is 0 Å². The van der Waals surface area contributed by atoms with Gasteiger partial charge in [-0.15, -0.1) is 11.3 Å². The van der Waals surface area contributed by atoms with E-state index in [1.807, 2.05) is 11.3 Å². The summed E-state index contributed by atoms with van der Waals surface area (Å²) in [6, 6.07) is 100.0. The van der Waals surface area contributed by atoms with Crippen LogP contribution in [0.3, 0.4) is 0 Å². The van der Waals surface area contributed by atoms with E-state index in [1.54, 1.807) is 22.3 Å². The second-order valence-corrected chi connectivity index (χ2v) is 33.5. The Morgan fingerprint density at radius 1 is 0.253 bits per heavy atom. The maximum Gasteiger partial charge on any atom is 0.0476 e. The lowest BCUT2D eigenvalue weighted by molar-refractivity contribution is 0.153. The van der Waals surface area contributed by atoms with E-state index >= 15 is 0 Å². The molecular formula is C96H82N2S. The van der Waals surface area contributed by atoms with Crippen molar-refractivity contribution in [3.05, 3.63) is 299 Å². The van der Waals surface area contributed by atoms with Crippen LogP contribution in [0.1, 0.15) is 160 Å². The molecule has 4 unspecified atom stereocenters. The second kappa shape index (κ2) is 22.0. The van der Waals surface area contributed by atoms with Crippen molar-refractivity contribution in [2.45, 2.75) is 126 Å². The molecule has 0 saturated heterocycles. The Kier molecular flexibility index (Phi) is 13.0. The second-order valence-electron chi connectivity index (χ2n) is 32.4. The SMILES string of the molecule is CC1(C)c2ccccc2-c2ccc(N(c3ccc4c(c3)C3CC5CC(CC(C5)c5ccccc5-4)C3)c3ccc4c(c3)sc3ccc(-c5ccc6c(c5)C(C)(C)c5cc(N(c7cccc(-c8ccccc8)c7)c7ccc8c(c7)C7CC9CC(CC(C9)c9ccccc9-8)C7)ccc5-6)cc34)cc21. The molecule has 4 fully saturated rings. The summed E-state index contributed by atoms with van der Waals surface area (Å²) in [5, 5.41) is 2.63. The highest BCUT2D eigenvalue weighted by Gasteiger charge is 2.44. The molecule has 0 amide bonds. The van der Waals surface area contributed by atoms with E-state index in [9.17, 15) is 0 Å². The van der Waals surface area contributed by atoms with Crippen LogP contribution < -0.4 is 9.80 Å². The van der Waals surface area contributed by atoms with Crippen molar-refractivity contribution < 1.29 is 0 Å². The van der Waals surface area contributed by atoms with Crippen molar-refractivity contribution >= 4 is 65.6 Å². The third-order valence-corrected chi connectivity index (χ3v) is 27.3. The van der Waals surface area contributed by atoms with Crippen LogP contribution >= 0.6 is 11.3 Å². The molecule has 10 aliphatic rings. The molecule has 10 aliphatic carbocycles. The number of rotatable bonds is 8. The maximum atomic E-state index is 2.63. The fourth-order valence-electron chi connectivity index (χ4n) is 21.8. The molecule has 3 heteroatoms. The molecule has 23 rings (SSSR count). The fraction of sp³-hybridized carbons (Fsp3) is 0.250. The molecule has 99 heavy (non-hydrogen) atoms. The van der Waals surface area contributed by atoms with E-state index in [-0.39, 0.29) is 10.8 Å². The van der Waals surface area contributed by atoms with Crippen LogP contribution in [-0.4, -0.2) is 0 Å². The Morgan fingerprint density at radius 3 is 1.23 bits per heavy atom. The number of hydrogen-bond acceptors (Lipinski definition) is 3. The minimum Gasteiger partial charge on any atom is -0.310 e. The summed E-state index contributed by atoms with van der Waals surface area (Å²) in [7, 11) is 0. The Balaban J connectivity index is 0.647. The third kappa shape index (κ3) is 9.18. The van der Waals surface area contributed by atoms with E-state index in [4.69, 9.17) is 0 Å². The lowest BCUT2D eigenvalue weighted by atomic mass is 9.63. The summed E-state index contributed by atoms with van der Waals surface area (Å²) >= 11 is 1.93. The number of nitrogens with zero attached hydrogens (tertiary/aromatic N) is 2. The zero-order chi connectivity index (χ0) is 65.6. The zero-order valence-corrected chi connectivity index (χ0v) is 58.1. The van der Waals surface area contributed by atoms with Crippen LogP contribution in [-0.2, 0) is 10.8 Å². The van der Waals surface area contributed by atoms with Crippen molar-refractivity contribution in [2.75, 3.05) is 9.80 Å². The number of fused-ring (bicyclic) bond motifs is 9. The topological polar surface area (TPSA) is 6.48 Å². The summed E-state index contributed by atoms with van der Waals surface area (Å²) < 4.78 is 2.63. The first-order valence-electron chi connectivity index (χ1n) is 37.2. The lowest BCUT2D eigenvalue weighted by Gasteiger charge is -2.42. The Hall–Kier alpha value is -9.54. The Morgan fingerprint density at radius 2 is 0.646 bits per heavy atom. The molecule has 1 aromatic heterocycles. The highest BCUT2D eigenvalue weighted by molar-refractivity contribution is 7.25. The van der Waals surface area contributed by atoms with Gasteiger partial charge in [0, 0.05) is 65.1 Å². The van der Waals surface area contributed by atoms with E-state index < -0.39 is 0 Å². The van der Waals surface area contributed by atoms with Gasteiger partial charge in [0.2, 0.25) is 0 Å². The largest absolute Gasteiger partial charge is 0.310 e. The summed E-state index contributed by atoms with van der Waals surface area (Å²) in [6.45, 7) is 9.76. The smallest absolute Gasteiger partial charge is 0.0476 e. The predicted octanol–water partition coefficient (Wildman–Crippen LogP) is 27.1. The molecule has 0 spiro atoms.